The van der Waals surface area contributed by atoms with Crippen molar-refractivity contribution in [2.24, 2.45) is 0 Å². The molecule has 0 unspecified atom stereocenters. The maximum atomic E-state index is 11.6. The average Bonchev–Trinajstić information content (AvgIpc) is 2.89. The fourth-order valence-electron chi connectivity index (χ4n) is 1.11. The van der Waals surface area contributed by atoms with E-state index in [-0.39, 0.29) is 18.1 Å². The van der Waals surface area contributed by atoms with Gasteiger partial charge < -0.3 is 9.84 Å². The Morgan fingerprint density at radius 2 is 2.35 bits per heavy atom. The van der Waals surface area contributed by atoms with Crippen LogP contribution in [-0.2, 0) is 6.54 Å². The summed E-state index contributed by atoms with van der Waals surface area (Å²) < 4.78 is 4.52. The third kappa shape index (κ3) is 2.63. The number of pyridine rings is 1. The maximum absolute atomic E-state index is 11.6. The third-order valence-electron chi connectivity index (χ3n) is 1.94. The number of nitrogens with zero attached hydrogens (tertiary/aromatic N) is 4. The first kappa shape index (κ1) is 10.8. The van der Waals surface area contributed by atoms with Gasteiger partial charge >= 0.3 is 0 Å². The normalized spacial score (nSPS) is 9.59. The SMILES string of the molecule is N#Cc1ccc(C(=O)NCc2ncon2)nc1. The van der Waals surface area contributed by atoms with Crippen molar-refractivity contribution in [2.45, 2.75) is 6.54 Å². The van der Waals surface area contributed by atoms with Gasteiger partial charge in [0.05, 0.1) is 12.1 Å². The van der Waals surface area contributed by atoms with Gasteiger partial charge in [-0.15, -0.1) is 0 Å². The fraction of sp³-hybridized carbons (Fsp3) is 0.100. The molecule has 0 aromatic carbocycles. The van der Waals surface area contributed by atoms with Gasteiger partial charge in [0.2, 0.25) is 6.39 Å². The Morgan fingerprint density at radius 1 is 1.47 bits per heavy atom. The molecule has 2 aromatic heterocycles. The van der Waals surface area contributed by atoms with E-state index in [1.54, 1.807) is 0 Å². The van der Waals surface area contributed by atoms with Crippen LogP contribution in [0.1, 0.15) is 21.9 Å². The van der Waals surface area contributed by atoms with Crippen LogP contribution in [0.25, 0.3) is 0 Å². The van der Waals surface area contributed by atoms with Crippen molar-refractivity contribution in [1.29, 1.82) is 5.26 Å². The molecular formula is C10H7N5O2. The first-order valence-corrected chi connectivity index (χ1v) is 4.69. The number of amides is 1. The number of nitriles is 1. The summed E-state index contributed by atoms with van der Waals surface area (Å²) in [5, 5.41) is 14.7. The molecule has 0 saturated carbocycles. The van der Waals surface area contributed by atoms with E-state index in [1.807, 2.05) is 6.07 Å². The second kappa shape index (κ2) is 4.85. The van der Waals surface area contributed by atoms with Crippen molar-refractivity contribution in [3.05, 3.63) is 41.8 Å². The van der Waals surface area contributed by atoms with Crippen LogP contribution < -0.4 is 5.32 Å². The summed E-state index contributed by atoms with van der Waals surface area (Å²) in [4.78, 5) is 19.2. The van der Waals surface area contributed by atoms with Gasteiger partial charge in [0.1, 0.15) is 11.8 Å². The Morgan fingerprint density at radius 3 is 2.94 bits per heavy atom. The highest BCUT2D eigenvalue weighted by molar-refractivity contribution is 5.92. The Balaban J connectivity index is 1.97. The van der Waals surface area contributed by atoms with Gasteiger partial charge in [-0.05, 0) is 12.1 Å². The summed E-state index contributed by atoms with van der Waals surface area (Å²) in [5.41, 5.74) is 0.632. The zero-order chi connectivity index (χ0) is 12.1. The predicted molar refractivity (Wildman–Crippen MR) is 54.4 cm³/mol. The van der Waals surface area contributed by atoms with Gasteiger partial charge in [-0.2, -0.15) is 10.2 Å². The largest absolute Gasteiger partial charge is 0.343 e. The highest BCUT2D eigenvalue weighted by Gasteiger charge is 2.08. The summed E-state index contributed by atoms with van der Waals surface area (Å²) in [5.74, 6) is 0.0197. The molecule has 2 rings (SSSR count). The summed E-state index contributed by atoms with van der Waals surface area (Å²) in [6, 6.07) is 4.92. The molecule has 7 heteroatoms. The van der Waals surface area contributed by atoms with Gasteiger partial charge in [0.15, 0.2) is 5.82 Å². The summed E-state index contributed by atoms with van der Waals surface area (Å²) in [6.45, 7) is 0.164. The van der Waals surface area contributed by atoms with Crippen molar-refractivity contribution in [2.75, 3.05) is 0 Å². The molecular weight excluding hydrogens is 222 g/mol. The second-order valence-corrected chi connectivity index (χ2v) is 3.07. The van der Waals surface area contributed by atoms with Crippen molar-refractivity contribution < 1.29 is 9.32 Å². The molecule has 0 atom stereocenters. The van der Waals surface area contributed by atoms with Crippen LogP contribution in [-0.4, -0.2) is 21.0 Å². The molecule has 2 aromatic rings. The van der Waals surface area contributed by atoms with Gasteiger partial charge in [0.25, 0.3) is 5.91 Å². The minimum absolute atomic E-state index is 0.164. The number of carbonyl (C=O) groups is 1. The predicted octanol–water partition coefficient (Wildman–Crippen LogP) is 0.266. The van der Waals surface area contributed by atoms with Gasteiger partial charge in [-0.3, -0.25) is 4.79 Å². The number of aromatic nitrogens is 3. The Hall–Kier alpha value is -2.75. The lowest BCUT2D eigenvalue weighted by Crippen LogP contribution is -2.24. The van der Waals surface area contributed by atoms with Crippen LogP contribution in [0.2, 0.25) is 0 Å². The van der Waals surface area contributed by atoms with Crippen molar-refractivity contribution in [1.82, 2.24) is 20.4 Å². The van der Waals surface area contributed by atoms with E-state index in [9.17, 15) is 4.79 Å². The zero-order valence-corrected chi connectivity index (χ0v) is 8.62. The van der Waals surface area contributed by atoms with Crippen molar-refractivity contribution >= 4 is 5.91 Å². The van der Waals surface area contributed by atoms with E-state index in [4.69, 9.17) is 5.26 Å². The molecule has 0 bridgehead atoms. The molecule has 1 amide bonds. The lowest BCUT2D eigenvalue weighted by atomic mass is 10.2. The Kier molecular flexibility index (Phi) is 3.07. The summed E-state index contributed by atoms with van der Waals surface area (Å²) in [6.07, 6.45) is 2.52. The molecule has 17 heavy (non-hydrogen) atoms. The van der Waals surface area contributed by atoms with Crippen LogP contribution in [0.3, 0.4) is 0 Å². The molecule has 0 aliphatic carbocycles. The van der Waals surface area contributed by atoms with Crippen molar-refractivity contribution in [3.8, 4) is 6.07 Å². The Bertz CT molecular complexity index is 541. The quantitative estimate of drug-likeness (QED) is 0.809. The second-order valence-electron chi connectivity index (χ2n) is 3.07. The van der Waals surface area contributed by atoms with Gasteiger partial charge in [-0.25, -0.2) is 4.98 Å². The van der Waals surface area contributed by atoms with Crippen LogP contribution >= 0.6 is 0 Å². The van der Waals surface area contributed by atoms with E-state index in [0.717, 1.165) is 0 Å². The number of hydrogen-bond donors (Lipinski definition) is 1. The van der Waals surface area contributed by atoms with Crippen LogP contribution in [0.5, 0.6) is 0 Å². The number of carbonyl (C=O) groups excluding carboxylic acids is 1. The average molecular weight is 229 g/mol. The minimum Gasteiger partial charge on any atom is -0.343 e. The lowest BCUT2D eigenvalue weighted by molar-refractivity contribution is 0.0944. The van der Waals surface area contributed by atoms with Crippen LogP contribution in [0.4, 0.5) is 0 Å². The molecule has 0 spiro atoms. The highest BCUT2D eigenvalue weighted by atomic mass is 16.5. The molecule has 7 nitrogen and oxygen atoms in total. The smallest absolute Gasteiger partial charge is 0.270 e. The van der Waals surface area contributed by atoms with Gasteiger partial charge in [0, 0.05) is 6.20 Å². The maximum Gasteiger partial charge on any atom is 0.270 e. The van der Waals surface area contributed by atoms with Crippen LogP contribution in [0, 0.1) is 11.3 Å². The minimum atomic E-state index is -0.362. The van der Waals surface area contributed by atoms with Crippen LogP contribution in [0.15, 0.2) is 29.2 Å². The van der Waals surface area contributed by atoms with E-state index >= 15 is 0 Å². The molecule has 0 radical (unpaired) electrons. The topological polar surface area (TPSA) is 105 Å². The molecule has 0 saturated heterocycles. The zero-order valence-electron chi connectivity index (χ0n) is 8.62. The monoisotopic (exact) mass is 229 g/mol. The molecule has 0 aliphatic rings. The summed E-state index contributed by atoms with van der Waals surface area (Å²) >= 11 is 0. The molecule has 1 N–H and O–H groups in total. The van der Waals surface area contributed by atoms with E-state index in [0.29, 0.717) is 11.4 Å². The standard InChI is InChI=1S/C10H7N5O2/c11-3-7-1-2-8(12-4-7)10(16)13-5-9-14-6-17-15-9/h1-2,4,6H,5H2,(H,13,16). The lowest BCUT2D eigenvalue weighted by Gasteiger charge is -2.01. The molecule has 84 valence electrons. The summed E-state index contributed by atoms with van der Waals surface area (Å²) in [7, 11) is 0. The van der Waals surface area contributed by atoms with E-state index in [2.05, 4.69) is 25.0 Å². The highest BCUT2D eigenvalue weighted by Crippen LogP contribution is 1.99. The first-order valence-electron chi connectivity index (χ1n) is 4.69. The number of rotatable bonds is 3. The molecule has 0 aliphatic heterocycles. The van der Waals surface area contributed by atoms with E-state index < -0.39 is 0 Å². The molecule has 0 fully saturated rings. The van der Waals surface area contributed by atoms with Crippen molar-refractivity contribution in [3.63, 3.8) is 0 Å². The van der Waals surface area contributed by atoms with Gasteiger partial charge in [-0.1, -0.05) is 5.16 Å². The first-order chi connectivity index (χ1) is 8.29. The third-order valence-corrected chi connectivity index (χ3v) is 1.94. The number of hydrogen-bond acceptors (Lipinski definition) is 6. The Labute approximate surface area is 96.1 Å². The molecule has 2 heterocycles. The number of nitrogens with one attached hydrogen (secondary N) is 1. The fourth-order valence-corrected chi connectivity index (χ4v) is 1.11. The van der Waals surface area contributed by atoms with E-state index in [1.165, 1.54) is 24.7 Å².